The van der Waals surface area contributed by atoms with Crippen molar-refractivity contribution < 1.29 is 9.18 Å². The maximum Gasteiger partial charge on any atom is 0.227 e. The van der Waals surface area contributed by atoms with Crippen LogP contribution in [0.4, 0.5) is 4.39 Å². The third-order valence-electron chi connectivity index (χ3n) is 5.96. The molecule has 1 aliphatic rings. The van der Waals surface area contributed by atoms with Gasteiger partial charge in [0.15, 0.2) is 0 Å². The van der Waals surface area contributed by atoms with E-state index < -0.39 is 0 Å². The van der Waals surface area contributed by atoms with Crippen molar-refractivity contribution in [2.24, 2.45) is 0 Å². The molecule has 0 spiro atoms. The molecule has 0 saturated carbocycles. The number of amides is 1. The molecule has 4 nitrogen and oxygen atoms in total. The lowest BCUT2D eigenvalue weighted by Crippen LogP contribution is -2.32. The number of benzene rings is 2. The van der Waals surface area contributed by atoms with E-state index in [0.717, 1.165) is 42.0 Å². The molecule has 1 fully saturated rings. The topological polar surface area (TPSA) is 38.1 Å². The van der Waals surface area contributed by atoms with Crippen molar-refractivity contribution in [2.45, 2.75) is 46.1 Å². The number of hydrogen-bond donors (Lipinski definition) is 0. The van der Waals surface area contributed by atoms with Gasteiger partial charge in [-0.3, -0.25) is 4.79 Å². The van der Waals surface area contributed by atoms with E-state index in [1.165, 1.54) is 23.3 Å². The molecule has 0 radical (unpaired) electrons. The van der Waals surface area contributed by atoms with Crippen LogP contribution in [0.2, 0.25) is 0 Å². The Morgan fingerprint density at radius 1 is 1.10 bits per heavy atom. The molecule has 1 saturated heterocycles. The van der Waals surface area contributed by atoms with Gasteiger partial charge < -0.3 is 4.90 Å². The van der Waals surface area contributed by atoms with Crippen LogP contribution in [0.25, 0.3) is 5.69 Å². The first-order valence-corrected chi connectivity index (χ1v) is 10.1. The van der Waals surface area contributed by atoms with E-state index in [1.807, 2.05) is 30.9 Å². The average molecular weight is 391 g/mol. The number of carbonyl (C=O) groups excluding carboxylic acids is 1. The minimum atomic E-state index is -0.276. The van der Waals surface area contributed by atoms with Crippen LogP contribution in [0.15, 0.2) is 48.5 Å². The Morgan fingerprint density at radius 3 is 2.55 bits per heavy atom. The van der Waals surface area contributed by atoms with Gasteiger partial charge in [0.2, 0.25) is 5.91 Å². The van der Waals surface area contributed by atoms with Gasteiger partial charge in [0.05, 0.1) is 23.8 Å². The highest BCUT2D eigenvalue weighted by Crippen LogP contribution is 2.34. The first kappa shape index (κ1) is 19.4. The zero-order chi connectivity index (χ0) is 20.5. The average Bonchev–Trinajstić information content (AvgIpc) is 3.29. The lowest BCUT2D eigenvalue weighted by Gasteiger charge is -2.26. The van der Waals surface area contributed by atoms with Crippen molar-refractivity contribution >= 4 is 5.91 Å². The van der Waals surface area contributed by atoms with Gasteiger partial charge in [-0.2, -0.15) is 5.10 Å². The number of carbonyl (C=O) groups is 1. The summed E-state index contributed by atoms with van der Waals surface area (Å²) < 4.78 is 15.0. The van der Waals surface area contributed by atoms with Gasteiger partial charge in [0.1, 0.15) is 5.82 Å². The van der Waals surface area contributed by atoms with E-state index >= 15 is 0 Å². The number of nitrogens with zero attached hydrogens (tertiary/aromatic N) is 3. The molecule has 0 aliphatic carbocycles. The Bertz CT molecular complexity index is 1040. The first-order valence-electron chi connectivity index (χ1n) is 10.1. The van der Waals surface area contributed by atoms with E-state index in [1.54, 1.807) is 16.8 Å². The van der Waals surface area contributed by atoms with Crippen molar-refractivity contribution in [2.75, 3.05) is 6.54 Å². The predicted octanol–water partition coefficient (Wildman–Crippen LogP) is 4.84. The fraction of sp³-hybridized carbons (Fsp3) is 0.333. The molecule has 5 heteroatoms. The van der Waals surface area contributed by atoms with Gasteiger partial charge in [-0.05, 0) is 69.0 Å². The van der Waals surface area contributed by atoms with E-state index in [9.17, 15) is 9.18 Å². The van der Waals surface area contributed by atoms with Gasteiger partial charge in [-0.1, -0.05) is 24.3 Å². The van der Waals surface area contributed by atoms with Crippen LogP contribution in [-0.4, -0.2) is 27.1 Å². The normalized spacial score (nSPS) is 16.4. The van der Waals surface area contributed by atoms with Crippen LogP contribution in [0.3, 0.4) is 0 Å². The zero-order valence-electron chi connectivity index (χ0n) is 17.2. The number of likely N-dealkylation sites (tertiary alicyclic amines) is 1. The van der Waals surface area contributed by atoms with Crippen molar-refractivity contribution in [3.63, 3.8) is 0 Å². The van der Waals surface area contributed by atoms with Gasteiger partial charge in [0.25, 0.3) is 0 Å². The van der Waals surface area contributed by atoms with Crippen molar-refractivity contribution in [1.29, 1.82) is 0 Å². The molecular weight excluding hydrogens is 365 g/mol. The second-order valence-corrected chi connectivity index (χ2v) is 7.82. The highest BCUT2D eigenvalue weighted by Gasteiger charge is 2.31. The fourth-order valence-electron chi connectivity index (χ4n) is 4.37. The molecular formula is C24H26FN3O. The summed E-state index contributed by atoms with van der Waals surface area (Å²) in [6.07, 6.45) is 2.36. The van der Waals surface area contributed by atoms with Crippen molar-refractivity contribution in [3.8, 4) is 5.69 Å². The second kappa shape index (κ2) is 7.82. The maximum atomic E-state index is 13.3. The Hall–Kier alpha value is -2.95. The Balaban J connectivity index is 1.58. The number of hydrogen-bond acceptors (Lipinski definition) is 2. The van der Waals surface area contributed by atoms with E-state index in [-0.39, 0.29) is 17.8 Å². The van der Waals surface area contributed by atoms with E-state index in [2.05, 4.69) is 24.2 Å². The lowest BCUT2D eigenvalue weighted by atomic mass is 9.99. The molecule has 1 amide bonds. The molecule has 1 aromatic heterocycles. The van der Waals surface area contributed by atoms with E-state index in [0.29, 0.717) is 6.42 Å². The number of aryl methyl sites for hydroxylation is 2. The quantitative estimate of drug-likeness (QED) is 0.638. The molecule has 0 bridgehead atoms. The molecule has 1 atom stereocenters. The molecule has 0 N–H and O–H groups in total. The zero-order valence-corrected chi connectivity index (χ0v) is 17.2. The van der Waals surface area contributed by atoms with Crippen LogP contribution in [-0.2, 0) is 11.2 Å². The lowest BCUT2D eigenvalue weighted by molar-refractivity contribution is -0.131. The third kappa shape index (κ3) is 3.69. The van der Waals surface area contributed by atoms with Crippen LogP contribution >= 0.6 is 0 Å². The third-order valence-corrected chi connectivity index (χ3v) is 5.96. The van der Waals surface area contributed by atoms with Gasteiger partial charge in [-0.15, -0.1) is 0 Å². The Morgan fingerprint density at radius 2 is 1.83 bits per heavy atom. The van der Waals surface area contributed by atoms with E-state index in [4.69, 9.17) is 0 Å². The Kier molecular flexibility index (Phi) is 5.22. The molecule has 29 heavy (non-hydrogen) atoms. The minimum absolute atomic E-state index is 0.139. The summed E-state index contributed by atoms with van der Waals surface area (Å²) in [5.74, 6) is -0.137. The molecule has 3 aromatic rings. The summed E-state index contributed by atoms with van der Waals surface area (Å²) in [4.78, 5) is 15.3. The first-order chi connectivity index (χ1) is 14.0. The summed E-state index contributed by atoms with van der Waals surface area (Å²) >= 11 is 0. The molecule has 150 valence electrons. The Labute approximate surface area is 171 Å². The molecule has 1 unspecified atom stereocenters. The van der Waals surface area contributed by atoms with Crippen LogP contribution in [0.5, 0.6) is 0 Å². The smallest absolute Gasteiger partial charge is 0.227 e. The van der Waals surface area contributed by atoms with Gasteiger partial charge in [0, 0.05) is 17.8 Å². The van der Waals surface area contributed by atoms with Crippen LogP contribution in [0.1, 0.15) is 47.0 Å². The molecule has 1 aliphatic heterocycles. The minimum Gasteiger partial charge on any atom is -0.335 e. The van der Waals surface area contributed by atoms with Crippen molar-refractivity contribution in [1.82, 2.24) is 14.7 Å². The predicted molar refractivity (Wildman–Crippen MR) is 112 cm³/mol. The van der Waals surface area contributed by atoms with Gasteiger partial charge in [-0.25, -0.2) is 9.07 Å². The SMILES string of the molecule is Cc1ccccc1C1CCCN1C(=O)Cc1c(C)nn(-c2ccc(F)cc2)c1C. The summed E-state index contributed by atoms with van der Waals surface area (Å²) in [6.45, 7) is 6.80. The molecule has 2 heterocycles. The number of halogens is 1. The van der Waals surface area contributed by atoms with Crippen LogP contribution < -0.4 is 0 Å². The summed E-state index contributed by atoms with van der Waals surface area (Å²) in [5.41, 5.74) is 5.99. The maximum absolute atomic E-state index is 13.3. The monoisotopic (exact) mass is 391 g/mol. The number of aromatic nitrogens is 2. The fourth-order valence-corrected chi connectivity index (χ4v) is 4.37. The summed E-state index contributed by atoms with van der Waals surface area (Å²) in [5, 5.41) is 4.60. The van der Waals surface area contributed by atoms with Crippen molar-refractivity contribution in [3.05, 3.63) is 82.4 Å². The standard InChI is InChI=1S/C24H26FN3O/c1-16-7-4-5-8-21(16)23-9-6-14-27(23)24(29)15-22-17(2)26-28(18(22)3)20-12-10-19(25)11-13-20/h4-5,7-8,10-13,23H,6,9,14-15H2,1-3H3. The summed E-state index contributed by atoms with van der Waals surface area (Å²) in [6, 6.07) is 14.7. The largest absolute Gasteiger partial charge is 0.335 e. The van der Waals surface area contributed by atoms with Crippen LogP contribution in [0, 0.1) is 26.6 Å². The molecule has 2 aromatic carbocycles. The molecule has 4 rings (SSSR count). The summed E-state index contributed by atoms with van der Waals surface area (Å²) in [7, 11) is 0. The van der Waals surface area contributed by atoms with Gasteiger partial charge >= 0.3 is 0 Å². The second-order valence-electron chi connectivity index (χ2n) is 7.82. The number of rotatable bonds is 4. The highest BCUT2D eigenvalue weighted by molar-refractivity contribution is 5.80. The highest BCUT2D eigenvalue weighted by atomic mass is 19.1.